The van der Waals surface area contributed by atoms with Crippen molar-refractivity contribution in [2.75, 3.05) is 6.54 Å². The highest BCUT2D eigenvalue weighted by Gasteiger charge is 2.14. The zero-order valence-corrected chi connectivity index (χ0v) is 10.3. The molecule has 1 unspecified atom stereocenters. The van der Waals surface area contributed by atoms with Crippen molar-refractivity contribution in [1.82, 2.24) is 0 Å². The van der Waals surface area contributed by atoms with Gasteiger partial charge in [0.15, 0.2) is 11.6 Å². The number of hydrogen-bond acceptors (Lipinski definition) is 2. The minimum absolute atomic E-state index is 0.245. The molecule has 2 nitrogen and oxygen atoms in total. The lowest BCUT2D eigenvalue weighted by molar-refractivity contribution is 0.204. The van der Waals surface area contributed by atoms with Crippen LogP contribution in [0.3, 0.4) is 0 Å². The third-order valence-electron chi connectivity index (χ3n) is 2.81. The summed E-state index contributed by atoms with van der Waals surface area (Å²) >= 11 is 0. The summed E-state index contributed by atoms with van der Waals surface area (Å²) in [4.78, 5) is 0. The van der Waals surface area contributed by atoms with Gasteiger partial charge >= 0.3 is 0 Å². The van der Waals surface area contributed by atoms with E-state index in [9.17, 15) is 4.39 Å². The lowest BCUT2D eigenvalue weighted by Crippen LogP contribution is -2.19. The quantitative estimate of drug-likeness (QED) is 0.897. The molecule has 3 heteroatoms. The third kappa shape index (κ3) is 2.68. The molecule has 0 spiro atoms. The highest BCUT2D eigenvalue weighted by molar-refractivity contribution is 5.31. The fourth-order valence-electron chi connectivity index (χ4n) is 1.78. The fraction of sp³-hybridized carbons (Fsp3) is 0.200. The summed E-state index contributed by atoms with van der Waals surface area (Å²) in [5, 5.41) is 0. The molecule has 0 saturated carbocycles. The summed E-state index contributed by atoms with van der Waals surface area (Å²) in [6, 6.07) is 14.7. The first-order valence-corrected chi connectivity index (χ1v) is 5.89. The largest absolute Gasteiger partial charge is 0.481 e. The van der Waals surface area contributed by atoms with Crippen molar-refractivity contribution in [3.63, 3.8) is 0 Å². The third-order valence-corrected chi connectivity index (χ3v) is 2.81. The molecule has 2 aromatic carbocycles. The molecule has 1 atom stereocenters. The van der Waals surface area contributed by atoms with Crippen LogP contribution in [0.15, 0.2) is 48.5 Å². The Balaban J connectivity index is 2.24. The van der Waals surface area contributed by atoms with E-state index in [2.05, 4.69) is 0 Å². The monoisotopic (exact) mass is 245 g/mol. The van der Waals surface area contributed by atoms with Crippen molar-refractivity contribution >= 4 is 0 Å². The van der Waals surface area contributed by atoms with Crippen molar-refractivity contribution in [1.29, 1.82) is 0 Å². The van der Waals surface area contributed by atoms with E-state index in [0.717, 1.165) is 5.56 Å². The van der Waals surface area contributed by atoms with E-state index in [0.29, 0.717) is 12.1 Å². The zero-order valence-electron chi connectivity index (χ0n) is 10.3. The first kappa shape index (κ1) is 12.6. The van der Waals surface area contributed by atoms with Gasteiger partial charge in [-0.2, -0.15) is 0 Å². The van der Waals surface area contributed by atoms with E-state index in [4.69, 9.17) is 10.5 Å². The molecule has 0 aliphatic carbocycles. The van der Waals surface area contributed by atoms with Crippen molar-refractivity contribution in [2.24, 2.45) is 5.73 Å². The van der Waals surface area contributed by atoms with Gasteiger partial charge in [-0.05, 0) is 24.1 Å². The van der Waals surface area contributed by atoms with Gasteiger partial charge in [0.2, 0.25) is 0 Å². The van der Waals surface area contributed by atoms with E-state index in [-0.39, 0.29) is 17.7 Å². The molecule has 2 aromatic rings. The molecule has 0 saturated heterocycles. The summed E-state index contributed by atoms with van der Waals surface area (Å²) < 4.78 is 19.5. The minimum atomic E-state index is -0.331. The van der Waals surface area contributed by atoms with E-state index < -0.39 is 0 Å². The van der Waals surface area contributed by atoms with Crippen molar-refractivity contribution < 1.29 is 9.13 Å². The second kappa shape index (κ2) is 5.65. The Hall–Kier alpha value is -1.87. The van der Waals surface area contributed by atoms with Crippen LogP contribution >= 0.6 is 0 Å². The van der Waals surface area contributed by atoms with Gasteiger partial charge in [-0.1, -0.05) is 42.5 Å². The molecule has 94 valence electrons. The molecule has 18 heavy (non-hydrogen) atoms. The molecule has 2 rings (SSSR count). The average Bonchev–Trinajstić information content (AvgIpc) is 2.41. The molecule has 0 aromatic heterocycles. The van der Waals surface area contributed by atoms with Gasteiger partial charge in [0, 0.05) is 6.54 Å². The molecule has 2 N–H and O–H groups in total. The molecular weight excluding hydrogens is 229 g/mol. The maximum atomic E-state index is 13.8. The molecule has 0 bridgehead atoms. The lowest BCUT2D eigenvalue weighted by atomic mass is 10.1. The number of nitrogens with two attached hydrogens (primary N) is 1. The molecule has 0 radical (unpaired) electrons. The van der Waals surface area contributed by atoms with E-state index in [1.165, 1.54) is 0 Å². The molecule has 0 aliphatic rings. The van der Waals surface area contributed by atoms with Gasteiger partial charge < -0.3 is 10.5 Å². The highest BCUT2D eigenvalue weighted by atomic mass is 19.1. The predicted molar refractivity (Wildman–Crippen MR) is 70.0 cm³/mol. The molecular formula is C15H16FNO. The molecule has 0 amide bonds. The highest BCUT2D eigenvalue weighted by Crippen LogP contribution is 2.25. The van der Waals surface area contributed by atoms with Crippen molar-refractivity contribution in [2.45, 2.75) is 13.0 Å². The number of ether oxygens (including phenoxy) is 1. The number of aryl methyl sites for hydroxylation is 1. The van der Waals surface area contributed by atoms with Crippen molar-refractivity contribution in [3.8, 4) is 5.75 Å². The Labute approximate surface area is 106 Å². The van der Waals surface area contributed by atoms with Gasteiger partial charge in [-0.25, -0.2) is 4.39 Å². The van der Waals surface area contributed by atoms with E-state index in [1.54, 1.807) is 25.1 Å². The first-order chi connectivity index (χ1) is 8.72. The number of rotatable bonds is 4. The van der Waals surface area contributed by atoms with Crippen LogP contribution in [0.1, 0.15) is 17.2 Å². The standard InChI is InChI=1S/C15H16FNO/c1-11-6-5-9-13(15(11)16)18-14(10-17)12-7-3-2-4-8-12/h2-9,14H,10,17H2,1H3. The molecule has 0 aliphatic heterocycles. The summed E-state index contributed by atoms with van der Waals surface area (Å²) in [6.07, 6.45) is -0.331. The zero-order chi connectivity index (χ0) is 13.0. The summed E-state index contributed by atoms with van der Waals surface area (Å²) in [7, 11) is 0. The van der Waals surface area contributed by atoms with Gasteiger partial charge in [0.1, 0.15) is 6.10 Å². The van der Waals surface area contributed by atoms with Gasteiger partial charge in [-0.15, -0.1) is 0 Å². The van der Waals surface area contributed by atoms with Crippen LogP contribution in [-0.4, -0.2) is 6.54 Å². The summed E-state index contributed by atoms with van der Waals surface area (Å²) in [5.41, 5.74) is 7.20. The normalized spacial score (nSPS) is 12.2. The molecule has 0 fully saturated rings. The number of halogens is 1. The van der Waals surface area contributed by atoms with Gasteiger partial charge in [0.05, 0.1) is 0 Å². The van der Waals surface area contributed by atoms with E-state index >= 15 is 0 Å². The average molecular weight is 245 g/mol. The predicted octanol–water partition coefficient (Wildman–Crippen LogP) is 3.21. The topological polar surface area (TPSA) is 35.2 Å². The van der Waals surface area contributed by atoms with Crippen LogP contribution in [0, 0.1) is 12.7 Å². The lowest BCUT2D eigenvalue weighted by Gasteiger charge is -2.18. The number of hydrogen-bond donors (Lipinski definition) is 1. The summed E-state index contributed by atoms with van der Waals surface area (Å²) in [6.45, 7) is 2.01. The van der Waals surface area contributed by atoms with E-state index in [1.807, 2.05) is 30.3 Å². The fourth-order valence-corrected chi connectivity index (χ4v) is 1.78. The smallest absolute Gasteiger partial charge is 0.167 e. The number of benzene rings is 2. The summed E-state index contributed by atoms with van der Waals surface area (Å²) in [5.74, 6) is -0.0822. The van der Waals surface area contributed by atoms with Crippen LogP contribution in [-0.2, 0) is 0 Å². The minimum Gasteiger partial charge on any atom is -0.481 e. The maximum Gasteiger partial charge on any atom is 0.167 e. The Morgan fingerprint density at radius 3 is 2.50 bits per heavy atom. The Kier molecular flexibility index (Phi) is 3.95. The van der Waals surface area contributed by atoms with Crippen LogP contribution in [0.2, 0.25) is 0 Å². The van der Waals surface area contributed by atoms with Crippen LogP contribution in [0.25, 0.3) is 0 Å². The van der Waals surface area contributed by atoms with Gasteiger partial charge in [-0.3, -0.25) is 0 Å². The SMILES string of the molecule is Cc1cccc(OC(CN)c2ccccc2)c1F. The Bertz CT molecular complexity index is 513. The second-order valence-electron chi connectivity index (χ2n) is 4.14. The van der Waals surface area contributed by atoms with Crippen LogP contribution in [0.5, 0.6) is 5.75 Å². The van der Waals surface area contributed by atoms with Crippen LogP contribution in [0.4, 0.5) is 4.39 Å². The molecule has 0 heterocycles. The Morgan fingerprint density at radius 2 is 1.83 bits per heavy atom. The second-order valence-corrected chi connectivity index (χ2v) is 4.14. The van der Waals surface area contributed by atoms with Crippen LogP contribution < -0.4 is 10.5 Å². The Morgan fingerprint density at radius 1 is 1.11 bits per heavy atom. The van der Waals surface area contributed by atoms with Crippen molar-refractivity contribution in [3.05, 3.63) is 65.5 Å². The van der Waals surface area contributed by atoms with Gasteiger partial charge in [0.25, 0.3) is 0 Å². The maximum absolute atomic E-state index is 13.8. The first-order valence-electron chi connectivity index (χ1n) is 5.89.